The monoisotopic (exact) mass is 297 g/mol. The number of carboxylic acid groups (broad SMARTS) is 1. The van der Waals surface area contributed by atoms with Crippen LogP contribution < -0.4 is 0 Å². The number of carboxylic acids is 1. The van der Waals surface area contributed by atoms with Crippen LogP contribution >= 0.6 is 0 Å². The van der Waals surface area contributed by atoms with E-state index in [9.17, 15) is 14.3 Å². The van der Waals surface area contributed by atoms with Gasteiger partial charge in [0.15, 0.2) is 0 Å². The molecule has 0 unspecified atom stereocenters. The fraction of sp³-hybridized carbons (Fsp3) is 0.222. The molecule has 0 saturated carbocycles. The minimum Gasteiger partial charge on any atom is -0.478 e. The Morgan fingerprint density at radius 2 is 1.91 bits per heavy atom. The predicted molar refractivity (Wildman–Crippen MR) is 82.1 cm³/mol. The van der Waals surface area contributed by atoms with Gasteiger partial charge in [-0.25, -0.2) is 9.18 Å². The van der Waals surface area contributed by atoms with E-state index in [1.54, 1.807) is 30.3 Å². The Bertz CT molecular complexity index is 730. The van der Waals surface area contributed by atoms with Crippen molar-refractivity contribution in [1.29, 1.82) is 5.26 Å². The number of hydrogen-bond donors (Lipinski definition) is 1. The van der Waals surface area contributed by atoms with Crippen LogP contribution in [0.25, 0.3) is 11.1 Å². The topological polar surface area (TPSA) is 61.1 Å². The second-order valence-electron chi connectivity index (χ2n) is 5.06. The van der Waals surface area contributed by atoms with E-state index in [2.05, 4.69) is 0 Å². The van der Waals surface area contributed by atoms with Crippen molar-refractivity contribution >= 4 is 5.97 Å². The summed E-state index contributed by atoms with van der Waals surface area (Å²) >= 11 is 0. The second-order valence-corrected chi connectivity index (χ2v) is 5.06. The van der Waals surface area contributed by atoms with Gasteiger partial charge in [-0.15, -0.1) is 0 Å². The third-order valence-corrected chi connectivity index (χ3v) is 3.55. The van der Waals surface area contributed by atoms with Crippen molar-refractivity contribution in [1.82, 2.24) is 0 Å². The number of hydrogen-bond acceptors (Lipinski definition) is 2. The number of nitriles is 1. The quantitative estimate of drug-likeness (QED) is 0.889. The maximum absolute atomic E-state index is 14.8. The standard InChI is InChI=1S/C18H16FNO2/c1-2-3-4-14-9-10-15(18(21)22)16(17(14)19)13-7-5-12(11-20)6-8-13/h5-10H,2-4H2,1H3,(H,21,22). The first-order valence-electron chi connectivity index (χ1n) is 7.13. The molecule has 2 aromatic carbocycles. The molecule has 2 aromatic rings. The van der Waals surface area contributed by atoms with Gasteiger partial charge in [0, 0.05) is 5.56 Å². The van der Waals surface area contributed by atoms with Crippen LogP contribution in [-0.2, 0) is 6.42 Å². The minimum atomic E-state index is -1.17. The highest BCUT2D eigenvalue weighted by Crippen LogP contribution is 2.30. The molecule has 0 atom stereocenters. The van der Waals surface area contributed by atoms with Gasteiger partial charge in [0.2, 0.25) is 0 Å². The molecule has 0 amide bonds. The van der Waals surface area contributed by atoms with Gasteiger partial charge in [-0.3, -0.25) is 0 Å². The highest BCUT2D eigenvalue weighted by molar-refractivity contribution is 5.96. The van der Waals surface area contributed by atoms with E-state index in [-0.39, 0.29) is 11.1 Å². The largest absolute Gasteiger partial charge is 0.478 e. The Kier molecular flexibility index (Phi) is 4.90. The van der Waals surface area contributed by atoms with E-state index in [0.717, 1.165) is 12.8 Å². The van der Waals surface area contributed by atoms with Gasteiger partial charge in [-0.2, -0.15) is 5.26 Å². The summed E-state index contributed by atoms with van der Waals surface area (Å²) < 4.78 is 14.8. The number of halogens is 1. The van der Waals surface area contributed by atoms with Gasteiger partial charge in [0.1, 0.15) is 5.82 Å². The number of unbranched alkanes of at least 4 members (excludes halogenated alkanes) is 1. The SMILES string of the molecule is CCCCc1ccc(C(=O)O)c(-c2ccc(C#N)cc2)c1F. The van der Waals surface area contributed by atoms with Crippen molar-refractivity contribution in [3.63, 3.8) is 0 Å². The summed E-state index contributed by atoms with van der Waals surface area (Å²) in [4.78, 5) is 11.4. The number of carbonyl (C=O) groups is 1. The van der Waals surface area contributed by atoms with Gasteiger partial charge >= 0.3 is 5.97 Å². The number of benzene rings is 2. The molecular formula is C18H16FNO2. The van der Waals surface area contributed by atoms with Gasteiger partial charge in [-0.1, -0.05) is 31.5 Å². The van der Waals surface area contributed by atoms with Crippen LogP contribution in [-0.4, -0.2) is 11.1 Å². The van der Waals surface area contributed by atoms with Gasteiger partial charge < -0.3 is 5.11 Å². The highest BCUT2D eigenvalue weighted by atomic mass is 19.1. The molecule has 4 heteroatoms. The molecule has 0 radical (unpaired) electrons. The predicted octanol–water partition coefficient (Wildman–Crippen LogP) is 4.41. The Morgan fingerprint density at radius 3 is 2.45 bits per heavy atom. The van der Waals surface area contributed by atoms with E-state index in [1.807, 2.05) is 13.0 Å². The van der Waals surface area contributed by atoms with E-state index in [4.69, 9.17) is 5.26 Å². The van der Waals surface area contributed by atoms with Crippen LogP contribution in [0.5, 0.6) is 0 Å². The summed E-state index contributed by atoms with van der Waals surface area (Å²) in [5.41, 5.74) is 1.45. The van der Waals surface area contributed by atoms with E-state index in [1.165, 1.54) is 6.07 Å². The summed E-state index contributed by atoms with van der Waals surface area (Å²) in [6.45, 7) is 2.02. The summed E-state index contributed by atoms with van der Waals surface area (Å²) in [6.07, 6.45) is 2.36. The van der Waals surface area contributed by atoms with E-state index in [0.29, 0.717) is 23.1 Å². The maximum Gasteiger partial charge on any atom is 0.336 e. The van der Waals surface area contributed by atoms with Crippen molar-refractivity contribution in [2.45, 2.75) is 26.2 Å². The minimum absolute atomic E-state index is 0.0672. The zero-order valence-corrected chi connectivity index (χ0v) is 12.3. The molecule has 0 aromatic heterocycles. The maximum atomic E-state index is 14.8. The molecule has 1 N–H and O–H groups in total. The molecule has 22 heavy (non-hydrogen) atoms. The first-order valence-corrected chi connectivity index (χ1v) is 7.13. The van der Waals surface area contributed by atoms with Crippen LogP contribution in [0.1, 0.15) is 41.3 Å². The first kappa shape index (κ1) is 15.7. The van der Waals surface area contributed by atoms with Crippen LogP contribution in [0, 0.1) is 17.1 Å². The van der Waals surface area contributed by atoms with Crippen LogP contribution in [0.2, 0.25) is 0 Å². The Balaban J connectivity index is 2.58. The number of aryl methyl sites for hydroxylation is 1. The van der Waals surface area contributed by atoms with Gasteiger partial charge in [0.25, 0.3) is 0 Å². The van der Waals surface area contributed by atoms with Crippen LogP contribution in [0.4, 0.5) is 4.39 Å². The lowest BCUT2D eigenvalue weighted by molar-refractivity contribution is 0.0697. The molecule has 0 bridgehead atoms. The van der Waals surface area contributed by atoms with Crippen molar-refractivity contribution in [2.24, 2.45) is 0 Å². The average molecular weight is 297 g/mol. The van der Waals surface area contributed by atoms with Crippen molar-refractivity contribution in [3.8, 4) is 17.2 Å². The van der Waals surface area contributed by atoms with Crippen molar-refractivity contribution < 1.29 is 14.3 Å². The Hall–Kier alpha value is -2.67. The van der Waals surface area contributed by atoms with Crippen LogP contribution in [0.15, 0.2) is 36.4 Å². The second kappa shape index (κ2) is 6.86. The lowest BCUT2D eigenvalue weighted by Gasteiger charge is -2.12. The molecule has 2 rings (SSSR count). The van der Waals surface area contributed by atoms with Crippen molar-refractivity contribution in [3.05, 3.63) is 58.9 Å². The average Bonchev–Trinajstić information content (AvgIpc) is 2.53. The fourth-order valence-corrected chi connectivity index (χ4v) is 2.35. The lowest BCUT2D eigenvalue weighted by Crippen LogP contribution is -2.04. The zero-order valence-electron chi connectivity index (χ0n) is 12.3. The molecule has 0 aliphatic carbocycles. The number of nitrogens with zero attached hydrogens (tertiary/aromatic N) is 1. The lowest BCUT2D eigenvalue weighted by atomic mass is 9.94. The van der Waals surface area contributed by atoms with Crippen LogP contribution in [0.3, 0.4) is 0 Å². The molecule has 0 fully saturated rings. The zero-order chi connectivity index (χ0) is 16.1. The molecule has 0 spiro atoms. The third kappa shape index (κ3) is 3.15. The van der Waals surface area contributed by atoms with Gasteiger partial charge in [-0.05, 0) is 42.2 Å². The van der Waals surface area contributed by atoms with Gasteiger partial charge in [0.05, 0.1) is 17.2 Å². The summed E-state index contributed by atoms with van der Waals surface area (Å²) in [5, 5.41) is 18.1. The Morgan fingerprint density at radius 1 is 1.23 bits per heavy atom. The first-order chi connectivity index (χ1) is 10.6. The smallest absolute Gasteiger partial charge is 0.336 e. The van der Waals surface area contributed by atoms with Crippen molar-refractivity contribution in [2.75, 3.05) is 0 Å². The summed E-state index contributed by atoms with van der Waals surface area (Å²) in [7, 11) is 0. The summed E-state index contributed by atoms with van der Waals surface area (Å²) in [6, 6.07) is 11.2. The molecule has 112 valence electrons. The molecule has 0 aliphatic rings. The third-order valence-electron chi connectivity index (χ3n) is 3.55. The summed E-state index contributed by atoms with van der Waals surface area (Å²) in [5.74, 6) is -1.65. The normalized spacial score (nSPS) is 10.2. The molecule has 0 aliphatic heterocycles. The molecule has 0 heterocycles. The number of aromatic carboxylic acids is 1. The van der Waals surface area contributed by atoms with E-state index >= 15 is 0 Å². The molecular weight excluding hydrogens is 281 g/mol. The Labute approximate surface area is 128 Å². The number of rotatable bonds is 5. The van der Waals surface area contributed by atoms with E-state index < -0.39 is 11.8 Å². The molecule has 0 saturated heterocycles. The highest BCUT2D eigenvalue weighted by Gasteiger charge is 2.19. The fourth-order valence-electron chi connectivity index (χ4n) is 2.35. The molecule has 3 nitrogen and oxygen atoms in total.